The van der Waals surface area contributed by atoms with Crippen LogP contribution in [0.1, 0.15) is 47.1 Å². The maximum absolute atomic E-state index is 12.9. The molecule has 1 N–H and O–H groups in total. The van der Waals surface area contributed by atoms with Gasteiger partial charge in [-0.05, 0) is 50.3 Å². The maximum Gasteiger partial charge on any atom is 0.274 e. The first-order valence-corrected chi connectivity index (χ1v) is 10.0. The molecular weight excluding hydrogens is 340 g/mol. The first kappa shape index (κ1) is 18.0. The van der Waals surface area contributed by atoms with Crippen molar-refractivity contribution in [3.05, 3.63) is 46.8 Å². The van der Waals surface area contributed by atoms with E-state index in [4.69, 9.17) is 4.74 Å². The minimum Gasteiger partial charge on any atom is -0.494 e. The number of hydrogen-bond acceptors (Lipinski definition) is 4. The van der Waals surface area contributed by atoms with Crippen molar-refractivity contribution in [1.82, 2.24) is 20.0 Å². The molecule has 0 saturated carbocycles. The summed E-state index contributed by atoms with van der Waals surface area (Å²) in [6, 6.07) is 8.30. The van der Waals surface area contributed by atoms with Crippen molar-refractivity contribution in [2.45, 2.75) is 39.2 Å². The number of aromatic nitrogens is 2. The fourth-order valence-electron chi connectivity index (χ4n) is 4.03. The highest BCUT2D eigenvalue weighted by Crippen LogP contribution is 2.23. The number of carbonyl (C=O) groups excluding carboxylic acids is 1. The van der Waals surface area contributed by atoms with Gasteiger partial charge in [0.15, 0.2) is 5.69 Å². The number of H-pyrrole nitrogens is 1. The zero-order valence-corrected chi connectivity index (χ0v) is 16.0. The van der Waals surface area contributed by atoms with E-state index in [1.54, 1.807) is 0 Å². The fourth-order valence-corrected chi connectivity index (χ4v) is 4.03. The van der Waals surface area contributed by atoms with Crippen LogP contribution in [-0.2, 0) is 19.4 Å². The Balaban J connectivity index is 1.32. The number of ether oxygens (including phenoxy) is 1. The zero-order valence-electron chi connectivity index (χ0n) is 16.0. The molecule has 27 heavy (non-hydrogen) atoms. The normalized spacial score (nSPS) is 17.6. The van der Waals surface area contributed by atoms with E-state index in [-0.39, 0.29) is 5.91 Å². The van der Waals surface area contributed by atoms with Crippen LogP contribution >= 0.6 is 0 Å². The van der Waals surface area contributed by atoms with Crippen molar-refractivity contribution in [3.63, 3.8) is 0 Å². The van der Waals surface area contributed by atoms with Gasteiger partial charge in [-0.1, -0.05) is 12.1 Å². The molecule has 6 heteroatoms. The Labute approximate surface area is 160 Å². The minimum absolute atomic E-state index is 0.0927. The van der Waals surface area contributed by atoms with Crippen molar-refractivity contribution < 1.29 is 9.53 Å². The number of nitrogens with one attached hydrogen (secondary N) is 1. The largest absolute Gasteiger partial charge is 0.494 e. The summed E-state index contributed by atoms with van der Waals surface area (Å²) in [5.74, 6) is 1.01. The molecule has 2 aliphatic rings. The lowest BCUT2D eigenvalue weighted by Gasteiger charge is -2.34. The van der Waals surface area contributed by atoms with Crippen LogP contribution in [0.15, 0.2) is 24.3 Å². The van der Waals surface area contributed by atoms with E-state index in [1.807, 2.05) is 24.0 Å². The van der Waals surface area contributed by atoms with E-state index in [0.717, 1.165) is 63.3 Å². The molecule has 0 unspecified atom stereocenters. The summed E-state index contributed by atoms with van der Waals surface area (Å²) < 4.78 is 5.50. The lowest BCUT2D eigenvalue weighted by Crippen LogP contribution is -2.48. The summed E-state index contributed by atoms with van der Waals surface area (Å²) in [6.07, 6.45) is 4.34. The molecule has 2 heterocycles. The van der Waals surface area contributed by atoms with E-state index in [9.17, 15) is 4.79 Å². The van der Waals surface area contributed by atoms with Crippen molar-refractivity contribution >= 4 is 5.91 Å². The summed E-state index contributed by atoms with van der Waals surface area (Å²) in [6.45, 7) is 6.90. The number of carbonyl (C=O) groups is 1. The Bertz CT molecular complexity index is 776. The van der Waals surface area contributed by atoms with Crippen LogP contribution in [0.5, 0.6) is 5.75 Å². The lowest BCUT2D eigenvalue weighted by molar-refractivity contribution is 0.0621. The molecule has 0 spiro atoms. The van der Waals surface area contributed by atoms with Crippen LogP contribution in [0.2, 0.25) is 0 Å². The highest BCUT2D eigenvalue weighted by atomic mass is 16.5. The monoisotopic (exact) mass is 368 g/mol. The van der Waals surface area contributed by atoms with Crippen molar-refractivity contribution in [3.8, 4) is 5.75 Å². The Morgan fingerprint density at radius 1 is 1.11 bits per heavy atom. The Morgan fingerprint density at radius 2 is 1.85 bits per heavy atom. The van der Waals surface area contributed by atoms with Gasteiger partial charge in [-0.15, -0.1) is 0 Å². The van der Waals surface area contributed by atoms with E-state index < -0.39 is 0 Å². The molecule has 6 nitrogen and oxygen atoms in total. The van der Waals surface area contributed by atoms with Crippen LogP contribution in [0, 0.1) is 0 Å². The number of hydrogen-bond donors (Lipinski definition) is 1. The highest BCUT2D eigenvalue weighted by molar-refractivity contribution is 5.94. The van der Waals surface area contributed by atoms with Crippen LogP contribution in [0.25, 0.3) is 0 Å². The molecule has 1 saturated heterocycles. The molecule has 1 aromatic carbocycles. The SMILES string of the molecule is CCOc1ccc(CN2CCN(C(=O)c3n[nH]c4c3CCCC4)CC2)cc1. The number of rotatable bonds is 5. The number of aryl methyl sites for hydroxylation is 1. The smallest absolute Gasteiger partial charge is 0.274 e. The Morgan fingerprint density at radius 3 is 2.59 bits per heavy atom. The van der Waals surface area contributed by atoms with Crippen molar-refractivity contribution in [2.24, 2.45) is 0 Å². The quantitative estimate of drug-likeness (QED) is 0.881. The average molecular weight is 368 g/mol. The molecule has 1 fully saturated rings. The zero-order chi connectivity index (χ0) is 18.6. The Kier molecular flexibility index (Phi) is 5.43. The minimum atomic E-state index is 0.0927. The van der Waals surface area contributed by atoms with Gasteiger partial charge in [0.05, 0.1) is 6.61 Å². The number of benzene rings is 1. The predicted molar refractivity (Wildman–Crippen MR) is 104 cm³/mol. The summed E-state index contributed by atoms with van der Waals surface area (Å²) >= 11 is 0. The highest BCUT2D eigenvalue weighted by Gasteiger charge is 2.28. The maximum atomic E-state index is 12.9. The van der Waals surface area contributed by atoms with Gasteiger partial charge in [-0.3, -0.25) is 14.8 Å². The molecular formula is C21H28N4O2. The number of fused-ring (bicyclic) bond motifs is 1. The Hall–Kier alpha value is -2.34. The molecule has 0 atom stereocenters. The van der Waals surface area contributed by atoms with Gasteiger partial charge in [0.1, 0.15) is 5.75 Å². The van der Waals surface area contributed by atoms with Crippen molar-refractivity contribution in [1.29, 1.82) is 0 Å². The molecule has 1 amide bonds. The summed E-state index contributed by atoms with van der Waals surface area (Å²) in [5.41, 5.74) is 4.26. The number of aromatic amines is 1. The molecule has 144 valence electrons. The van der Waals surface area contributed by atoms with Crippen LogP contribution in [0.4, 0.5) is 0 Å². The van der Waals surface area contributed by atoms with Gasteiger partial charge in [-0.25, -0.2) is 0 Å². The molecule has 2 aromatic rings. The third-order valence-corrected chi connectivity index (χ3v) is 5.56. The lowest BCUT2D eigenvalue weighted by atomic mass is 9.95. The third kappa shape index (κ3) is 4.00. The third-order valence-electron chi connectivity index (χ3n) is 5.56. The van der Waals surface area contributed by atoms with E-state index in [0.29, 0.717) is 12.3 Å². The van der Waals surface area contributed by atoms with Gasteiger partial charge in [0.25, 0.3) is 5.91 Å². The second-order valence-corrected chi connectivity index (χ2v) is 7.38. The predicted octanol–water partition coefficient (Wildman–Crippen LogP) is 2.65. The number of amides is 1. The second kappa shape index (κ2) is 8.13. The van der Waals surface area contributed by atoms with E-state index in [2.05, 4.69) is 27.2 Å². The molecule has 4 rings (SSSR count). The van der Waals surface area contributed by atoms with Gasteiger partial charge in [0.2, 0.25) is 0 Å². The molecule has 0 bridgehead atoms. The fraction of sp³-hybridized carbons (Fsp3) is 0.524. The van der Waals surface area contributed by atoms with Crippen molar-refractivity contribution in [2.75, 3.05) is 32.8 Å². The first-order valence-electron chi connectivity index (χ1n) is 10.0. The summed E-state index contributed by atoms with van der Waals surface area (Å²) in [4.78, 5) is 17.3. The summed E-state index contributed by atoms with van der Waals surface area (Å²) in [5, 5.41) is 7.42. The van der Waals surface area contributed by atoms with Crippen LogP contribution in [0.3, 0.4) is 0 Å². The van der Waals surface area contributed by atoms with Gasteiger partial charge in [0, 0.05) is 44.0 Å². The van der Waals surface area contributed by atoms with E-state index >= 15 is 0 Å². The first-order chi connectivity index (χ1) is 13.2. The average Bonchev–Trinajstić information content (AvgIpc) is 3.14. The topological polar surface area (TPSA) is 61.5 Å². The molecule has 1 aromatic heterocycles. The standard InChI is InChI=1S/C21H28N4O2/c1-2-27-17-9-7-16(8-10-17)15-24-11-13-25(14-12-24)21(26)20-18-5-3-4-6-19(18)22-23-20/h7-10H,2-6,11-15H2,1H3,(H,22,23). The van der Waals surface area contributed by atoms with Crippen LogP contribution < -0.4 is 4.74 Å². The van der Waals surface area contributed by atoms with Gasteiger partial charge in [-0.2, -0.15) is 5.10 Å². The molecule has 0 radical (unpaired) electrons. The summed E-state index contributed by atoms with van der Waals surface area (Å²) in [7, 11) is 0. The van der Waals surface area contributed by atoms with Gasteiger partial charge < -0.3 is 9.64 Å². The molecule has 1 aliphatic heterocycles. The van der Waals surface area contributed by atoms with Crippen LogP contribution in [-0.4, -0.2) is 58.7 Å². The number of nitrogens with zero attached hydrogens (tertiary/aromatic N) is 3. The van der Waals surface area contributed by atoms with Gasteiger partial charge >= 0.3 is 0 Å². The second-order valence-electron chi connectivity index (χ2n) is 7.38. The van der Waals surface area contributed by atoms with E-state index in [1.165, 1.54) is 17.7 Å². The molecule has 1 aliphatic carbocycles. The number of piperazine rings is 1.